The Morgan fingerprint density at radius 3 is 3.00 bits per heavy atom. The van der Waals surface area contributed by atoms with Gasteiger partial charge in [0, 0.05) is 19.0 Å². The molecule has 2 atom stereocenters. The molecule has 2 aliphatic rings. The zero-order chi connectivity index (χ0) is 13.9. The van der Waals surface area contributed by atoms with Gasteiger partial charge >= 0.3 is 0 Å². The molecule has 108 valence electrons. The van der Waals surface area contributed by atoms with Gasteiger partial charge in [-0.2, -0.15) is 0 Å². The lowest BCUT2D eigenvalue weighted by molar-refractivity contribution is -0.132. The number of hydrogen-bond donors (Lipinski definition) is 1. The van der Waals surface area contributed by atoms with E-state index in [0.29, 0.717) is 12.5 Å². The van der Waals surface area contributed by atoms with Crippen molar-refractivity contribution in [3.63, 3.8) is 0 Å². The van der Waals surface area contributed by atoms with Crippen LogP contribution in [0.5, 0.6) is 0 Å². The molecular formula is C16H21FN2O. The lowest BCUT2D eigenvalue weighted by Gasteiger charge is -2.26. The summed E-state index contributed by atoms with van der Waals surface area (Å²) in [6.45, 7) is 1.82. The lowest BCUT2D eigenvalue weighted by Crippen LogP contribution is -2.35. The maximum Gasteiger partial charge on any atom is 0.224 e. The van der Waals surface area contributed by atoms with Crippen LogP contribution in [0.3, 0.4) is 0 Å². The Hall–Kier alpha value is -1.42. The summed E-state index contributed by atoms with van der Waals surface area (Å²) in [4.78, 5) is 14.4. The first-order valence-electron chi connectivity index (χ1n) is 7.52. The van der Waals surface area contributed by atoms with E-state index < -0.39 is 0 Å². The van der Waals surface area contributed by atoms with Gasteiger partial charge < -0.3 is 10.2 Å². The van der Waals surface area contributed by atoms with Gasteiger partial charge in [0.1, 0.15) is 5.82 Å². The normalized spacial score (nSPS) is 26.1. The van der Waals surface area contributed by atoms with E-state index in [1.165, 1.54) is 6.07 Å². The molecule has 1 amide bonds. The first kappa shape index (κ1) is 13.6. The molecule has 0 radical (unpaired) electrons. The van der Waals surface area contributed by atoms with Crippen LogP contribution in [0, 0.1) is 5.82 Å². The van der Waals surface area contributed by atoms with Crippen molar-refractivity contribution in [3.05, 3.63) is 35.6 Å². The number of carbonyl (C=O) groups is 1. The smallest absolute Gasteiger partial charge is 0.224 e. The summed E-state index contributed by atoms with van der Waals surface area (Å²) in [7, 11) is 0. The number of halogens is 1. The van der Waals surface area contributed by atoms with E-state index in [2.05, 4.69) is 5.32 Å². The zero-order valence-electron chi connectivity index (χ0n) is 11.6. The largest absolute Gasteiger partial charge is 0.336 e. The van der Waals surface area contributed by atoms with Gasteiger partial charge in [-0.25, -0.2) is 4.39 Å². The number of hydrogen-bond acceptors (Lipinski definition) is 2. The summed E-state index contributed by atoms with van der Waals surface area (Å²) in [6.07, 6.45) is 4.76. The number of benzene rings is 1. The summed E-state index contributed by atoms with van der Waals surface area (Å²) < 4.78 is 13.4. The average Bonchev–Trinajstić information content (AvgIpc) is 3.09. The molecule has 0 bridgehead atoms. The standard InChI is InChI=1S/C16H21FN2O/c17-13-5-1-4-12(10-13)15-7-3-9-19(15)16(20)11-14-6-2-8-18-14/h1,4-5,10,14-15,18H,2-3,6-9,11H2. The van der Waals surface area contributed by atoms with Crippen LogP contribution in [-0.4, -0.2) is 29.9 Å². The average molecular weight is 276 g/mol. The van der Waals surface area contributed by atoms with Crippen molar-refractivity contribution in [3.8, 4) is 0 Å². The summed E-state index contributed by atoms with van der Waals surface area (Å²) in [5, 5.41) is 3.37. The topological polar surface area (TPSA) is 32.3 Å². The van der Waals surface area contributed by atoms with Crippen LogP contribution < -0.4 is 5.32 Å². The van der Waals surface area contributed by atoms with Crippen molar-refractivity contribution in [2.75, 3.05) is 13.1 Å². The molecule has 0 saturated carbocycles. The number of amides is 1. The van der Waals surface area contributed by atoms with Gasteiger partial charge in [0.05, 0.1) is 6.04 Å². The van der Waals surface area contributed by atoms with Crippen molar-refractivity contribution in [2.24, 2.45) is 0 Å². The molecule has 1 aromatic rings. The molecule has 0 aromatic heterocycles. The third kappa shape index (κ3) is 2.85. The maximum atomic E-state index is 13.4. The molecule has 20 heavy (non-hydrogen) atoms. The highest BCUT2D eigenvalue weighted by atomic mass is 19.1. The Balaban J connectivity index is 1.70. The molecule has 0 spiro atoms. The molecule has 3 nitrogen and oxygen atoms in total. The fourth-order valence-electron chi connectivity index (χ4n) is 3.38. The number of carbonyl (C=O) groups excluding carboxylic acids is 1. The van der Waals surface area contributed by atoms with E-state index in [1.54, 1.807) is 12.1 Å². The lowest BCUT2D eigenvalue weighted by atomic mass is 10.0. The SMILES string of the molecule is O=C(CC1CCCN1)N1CCCC1c1cccc(F)c1. The molecule has 2 fully saturated rings. The maximum absolute atomic E-state index is 13.4. The van der Waals surface area contributed by atoms with E-state index >= 15 is 0 Å². The van der Waals surface area contributed by atoms with Gasteiger partial charge in [-0.1, -0.05) is 12.1 Å². The van der Waals surface area contributed by atoms with Gasteiger partial charge in [0.15, 0.2) is 0 Å². The Morgan fingerprint density at radius 2 is 2.25 bits per heavy atom. The predicted octanol–water partition coefficient (Wildman–Crippen LogP) is 2.63. The fourth-order valence-corrected chi connectivity index (χ4v) is 3.38. The zero-order valence-corrected chi connectivity index (χ0v) is 11.6. The first-order chi connectivity index (χ1) is 9.74. The van der Waals surface area contributed by atoms with Crippen LogP contribution in [0.4, 0.5) is 4.39 Å². The second-order valence-electron chi connectivity index (χ2n) is 5.80. The molecule has 2 heterocycles. The Labute approximate surface area is 119 Å². The monoisotopic (exact) mass is 276 g/mol. The van der Waals surface area contributed by atoms with Gasteiger partial charge in [0.25, 0.3) is 0 Å². The Kier molecular flexibility index (Phi) is 4.01. The molecular weight excluding hydrogens is 255 g/mol. The van der Waals surface area contributed by atoms with Gasteiger partial charge in [-0.3, -0.25) is 4.79 Å². The van der Waals surface area contributed by atoms with Crippen molar-refractivity contribution in [2.45, 2.75) is 44.2 Å². The van der Waals surface area contributed by atoms with Gasteiger partial charge in [0.2, 0.25) is 5.91 Å². The molecule has 2 aliphatic heterocycles. The fraction of sp³-hybridized carbons (Fsp3) is 0.562. The highest BCUT2D eigenvalue weighted by Gasteiger charge is 2.31. The van der Waals surface area contributed by atoms with Crippen LogP contribution >= 0.6 is 0 Å². The quantitative estimate of drug-likeness (QED) is 0.920. The second kappa shape index (κ2) is 5.92. The van der Waals surface area contributed by atoms with Gasteiger partial charge in [-0.05, 0) is 49.9 Å². The van der Waals surface area contributed by atoms with Crippen molar-refractivity contribution in [1.29, 1.82) is 0 Å². The van der Waals surface area contributed by atoms with E-state index in [4.69, 9.17) is 0 Å². The van der Waals surface area contributed by atoms with Crippen LogP contribution in [-0.2, 0) is 4.79 Å². The number of likely N-dealkylation sites (tertiary alicyclic amines) is 1. The van der Waals surface area contributed by atoms with Crippen molar-refractivity contribution in [1.82, 2.24) is 10.2 Å². The number of nitrogens with zero attached hydrogens (tertiary/aromatic N) is 1. The molecule has 1 N–H and O–H groups in total. The van der Waals surface area contributed by atoms with E-state index in [9.17, 15) is 9.18 Å². The Bertz CT molecular complexity index is 485. The van der Waals surface area contributed by atoms with E-state index in [0.717, 1.165) is 44.3 Å². The third-order valence-electron chi connectivity index (χ3n) is 4.39. The van der Waals surface area contributed by atoms with Crippen LogP contribution in [0.1, 0.15) is 43.7 Å². The molecule has 0 aliphatic carbocycles. The summed E-state index contributed by atoms with van der Waals surface area (Å²) >= 11 is 0. The van der Waals surface area contributed by atoms with E-state index in [-0.39, 0.29) is 17.8 Å². The highest BCUT2D eigenvalue weighted by Crippen LogP contribution is 2.33. The third-order valence-corrected chi connectivity index (χ3v) is 4.39. The van der Waals surface area contributed by atoms with Crippen LogP contribution in [0.25, 0.3) is 0 Å². The Morgan fingerprint density at radius 1 is 1.35 bits per heavy atom. The van der Waals surface area contributed by atoms with Gasteiger partial charge in [-0.15, -0.1) is 0 Å². The molecule has 2 unspecified atom stereocenters. The van der Waals surface area contributed by atoms with Crippen LogP contribution in [0.2, 0.25) is 0 Å². The summed E-state index contributed by atoms with van der Waals surface area (Å²) in [5.74, 6) is -0.0181. The molecule has 2 saturated heterocycles. The minimum atomic E-state index is -0.223. The minimum absolute atomic E-state index is 0.0552. The van der Waals surface area contributed by atoms with E-state index in [1.807, 2.05) is 11.0 Å². The minimum Gasteiger partial charge on any atom is -0.336 e. The summed E-state index contributed by atoms with van der Waals surface area (Å²) in [6, 6.07) is 7.05. The summed E-state index contributed by atoms with van der Waals surface area (Å²) in [5.41, 5.74) is 0.926. The first-order valence-corrected chi connectivity index (χ1v) is 7.52. The number of rotatable bonds is 3. The molecule has 3 rings (SSSR count). The highest BCUT2D eigenvalue weighted by molar-refractivity contribution is 5.77. The second-order valence-corrected chi connectivity index (χ2v) is 5.80. The predicted molar refractivity (Wildman–Crippen MR) is 75.7 cm³/mol. The molecule has 1 aromatic carbocycles. The molecule has 4 heteroatoms. The van der Waals surface area contributed by atoms with Crippen molar-refractivity contribution < 1.29 is 9.18 Å². The number of nitrogens with one attached hydrogen (secondary N) is 1. The van der Waals surface area contributed by atoms with Crippen LogP contribution in [0.15, 0.2) is 24.3 Å². The van der Waals surface area contributed by atoms with Crippen molar-refractivity contribution >= 4 is 5.91 Å².